The molecule has 0 bridgehead atoms. The van der Waals surface area contributed by atoms with Gasteiger partial charge in [0.05, 0.1) is 12.8 Å². The zero-order valence-electron chi connectivity index (χ0n) is 14.2. The van der Waals surface area contributed by atoms with Gasteiger partial charge in [-0.1, -0.05) is 20.8 Å². The number of rotatable bonds is 7. The molecule has 0 aromatic carbocycles. The molecule has 3 N–H and O–H groups in total. The number of urea groups is 1. The normalized spacial score (nSPS) is 14.7. The molecule has 0 aliphatic heterocycles. The summed E-state index contributed by atoms with van der Waals surface area (Å²) in [6, 6.07) is 3.16. The Labute approximate surface area is 132 Å². The van der Waals surface area contributed by atoms with E-state index in [1.165, 1.54) is 6.26 Å². The summed E-state index contributed by atoms with van der Waals surface area (Å²) < 4.78 is 5.10. The maximum atomic E-state index is 12.0. The molecule has 126 valence electrons. The standard InChI is InChI=1S/C16H29N3O3/c1-16(2,3)14(8-9-19(4)5)18-15(21)17-11-12(20)13-7-6-10-22-13/h6-7,10,12,14,20H,8-9,11H2,1-5H3,(H2,17,18,21). The molecule has 0 fully saturated rings. The van der Waals surface area contributed by atoms with Crippen molar-refractivity contribution in [2.24, 2.45) is 5.41 Å². The van der Waals surface area contributed by atoms with E-state index in [1.54, 1.807) is 12.1 Å². The van der Waals surface area contributed by atoms with Crippen LogP contribution >= 0.6 is 0 Å². The second-order valence-corrected chi connectivity index (χ2v) is 6.90. The molecule has 1 heterocycles. The first-order valence-electron chi connectivity index (χ1n) is 7.60. The van der Waals surface area contributed by atoms with Gasteiger partial charge >= 0.3 is 6.03 Å². The number of carbonyl (C=O) groups excluding carboxylic acids is 1. The minimum atomic E-state index is -0.837. The van der Waals surface area contributed by atoms with E-state index in [0.29, 0.717) is 5.76 Å². The van der Waals surface area contributed by atoms with Crippen molar-refractivity contribution in [2.75, 3.05) is 27.2 Å². The topological polar surface area (TPSA) is 77.7 Å². The van der Waals surface area contributed by atoms with Crippen LogP contribution < -0.4 is 10.6 Å². The summed E-state index contributed by atoms with van der Waals surface area (Å²) in [5, 5.41) is 15.6. The average molecular weight is 311 g/mol. The van der Waals surface area contributed by atoms with E-state index in [2.05, 4.69) is 36.3 Å². The predicted molar refractivity (Wildman–Crippen MR) is 86.6 cm³/mol. The lowest BCUT2D eigenvalue weighted by atomic mass is 9.85. The molecule has 6 nitrogen and oxygen atoms in total. The Kier molecular flexibility index (Phi) is 6.90. The van der Waals surface area contributed by atoms with Crippen LogP contribution in [0.5, 0.6) is 0 Å². The van der Waals surface area contributed by atoms with E-state index in [-0.39, 0.29) is 24.0 Å². The lowest BCUT2D eigenvalue weighted by molar-refractivity contribution is 0.146. The zero-order chi connectivity index (χ0) is 16.8. The summed E-state index contributed by atoms with van der Waals surface area (Å²) in [5.41, 5.74) is -0.0347. The molecule has 2 amide bonds. The SMILES string of the molecule is CN(C)CCC(NC(=O)NCC(O)c1ccco1)C(C)(C)C. The summed E-state index contributed by atoms with van der Waals surface area (Å²) >= 11 is 0. The first-order chi connectivity index (χ1) is 10.2. The van der Waals surface area contributed by atoms with Crippen molar-refractivity contribution in [3.05, 3.63) is 24.2 Å². The lowest BCUT2D eigenvalue weighted by Crippen LogP contribution is -2.49. The Morgan fingerprint density at radius 2 is 2.09 bits per heavy atom. The largest absolute Gasteiger partial charge is 0.467 e. The number of amides is 2. The predicted octanol–water partition coefficient (Wildman–Crippen LogP) is 1.98. The van der Waals surface area contributed by atoms with Gasteiger partial charge in [0.1, 0.15) is 11.9 Å². The van der Waals surface area contributed by atoms with E-state index >= 15 is 0 Å². The molecule has 2 atom stereocenters. The van der Waals surface area contributed by atoms with Gasteiger partial charge in [-0.2, -0.15) is 0 Å². The van der Waals surface area contributed by atoms with Crippen molar-refractivity contribution in [3.63, 3.8) is 0 Å². The zero-order valence-corrected chi connectivity index (χ0v) is 14.2. The third-order valence-electron chi connectivity index (χ3n) is 3.54. The van der Waals surface area contributed by atoms with Gasteiger partial charge < -0.3 is 25.1 Å². The molecule has 0 radical (unpaired) electrons. The van der Waals surface area contributed by atoms with E-state index in [1.807, 2.05) is 14.1 Å². The molecular weight excluding hydrogens is 282 g/mol. The van der Waals surface area contributed by atoms with Crippen molar-refractivity contribution in [1.29, 1.82) is 0 Å². The molecule has 0 saturated carbocycles. The van der Waals surface area contributed by atoms with Crippen LogP contribution in [0, 0.1) is 5.41 Å². The van der Waals surface area contributed by atoms with Gasteiger partial charge in [0.2, 0.25) is 0 Å². The number of hydrogen-bond acceptors (Lipinski definition) is 4. The molecule has 2 unspecified atom stereocenters. The minimum absolute atomic E-state index is 0.0347. The number of nitrogens with one attached hydrogen (secondary N) is 2. The van der Waals surface area contributed by atoms with Crippen LogP contribution in [0.25, 0.3) is 0 Å². The van der Waals surface area contributed by atoms with E-state index in [4.69, 9.17) is 4.42 Å². The van der Waals surface area contributed by atoms with Crippen molar-refractivity contribution >= 4 is 6.03 Å². The Morgan fingerprint density at radius 1 is 1.41 bits per heavy atom. The molecule has 1 aromatic rings. The molecule has 0 aliphatic carbocycles. The lowest BCUT2D eigenvalue weighted by Gasteiger charge is -2.32. The highest BCUT2D eigenvalue weighted by Crippen LogP contribution is 2.22. The maximum absolute atomic E-state index is 12.0. The highest BCUT2D eigenvalue weighted by molar-refractivity contribution is 5.74. The fraction of sp³-hybridized carbons (Fsp3) is 0.688. The second-order valence-electron chi connectivity index (χ2n) is 6.90. The van der Waals surface area contributed by atoms with Gasteiger partial charge in [0, 0.05) is 6.04 Å². The first-order valence-corrected chi connectivity index (χ1v) is 7.60. The number of hydrogen-bond donors (Lipinski definition) is 3. The number of furan rings is 1. The fourth-order valence-electron chi connectivity index (χ4n) is 2.09. The summed E-state index contributed by atoms with van der Waals surface area (Å²) in [6.07, 6.45) is 1.52. The molecule has 1 rings (SSSR count). The number of nitrogens with zero attached hydrogens (tertiary/aromatic N) is 1. The third kappa shape index (κ3) is 6.49. The van der Waals surface area contributed by atoms with Crippen LogP contribution in [0.15, 0.2) is 22.8 Å². The Morgan fingerprint density at radius 3 is 2.59 bits per heavy atom. The monoisotopic (exact) mass is 311 g/mol. The Hall–Kier alpha value is -1.53. The summed E-state index contributed by atoms with van der Waals surface area (Å²) in [6.45, 7) is 7.32. The number of aliphatic hydroxyl groups excluding tert-OH is 1. The van der Waals surface area contributed by atoms with Crippen molar-refractivity contribution in [1.82, 2.24) is 15.5 Å². The van der Waals surface area contributed by atoms with Crippen LogP contribution in [-0.4, -0.2) is 49.3 Å². The van der Waals surface area contributed by atoms with Gasteiger partial charge in [0.25, 0.3) is 0 Å². The maximum Gasteiger partial charge on any atom is 0.315 e. The quantitative estimate of drug-likeness (QED) is 0.719. The van der Waals surface area contributed by atoms with E-state index in [0.717, 1.165) is 13.0 Å². The Bertz CT molecular complexity index is 438. The highest BCUT2D eigenvalue weighted by atomic mass is 16.4. The van der Waals surface area contributed by atoms with Crippen molar-refractivity contribution < 1.29 is 14.3 Å². The average Bonchev–Trinajstić information content (AvgIpc) is 2.93. The summed E-state index contributed by atoms with van der Waals surface area (Å²) in [7, 11) is 4.03. The van der Waals surface area contributed by atoms with Gasteiger partial charge in [0.15, 0.2) is 0 Å². The smallest absolute Gasteiger partial charge is 0.315 e. The fourth-order valence-corrected chi connectivity index (χ4v) is 2.09. The third-order valence-corrected chi connectivity index (χ3v) is 3.54. The van der Waals surface area contributed by atoms with Gasteiger partial charge in [-0.15, -0.1) is 0 Å². The van der Waals surface area contributed by atoms with Crippen LogP contribution in [-0.2, 0) is 0 Å². The molecule has 0 aliphatic rings. The minimum Gasteiger partial charge on any atom is -0.467 e. The second kappa shape index (κ2) is 8.19. The molecule has 0 saturated heterocycles. The number of aliphatic hydroxyl groups is 1. The summed E-state index contributed by atoms with van der Waals surface area (Å²) in [5.74, 6) is 0.445. The molecule has 0 spiro atoms. The molecule has 1 aromatic heterocycles. The molecule has 6 heteroatoms. The number of carbonyl (C=O) groups is 1. The van der Waals surface area contributed by atoms with Crippen LogP contribution in [0.4, 0.5) is 4.79 Å². The molecular formula is C16H29N3O3. The van der Waals surface area contributed by atoms with Crippen molar-refractivity contribution in [2.45, 2.75) is 39.3 Å². The van der Waals surface area contributed by atoms with Crippen molar-refractivity contribution in [3.8, 4) is 0 Å². The first kappa shape index (κ1) is 18.5. The van der Waals surface area contributed by atoms with Gasteiger partial charge in [-0.25, -0.2) is 4.79 Å². The molecule has 22 heavy (non-hydrogen) atoms. The highest BCUT2D eigenvalue weighted by Gasteiger charge is 2.26. The van der Waals surface area contributed by atoms with Crippen LogP contribution in [0.3, 0.4) is 0 Å². The van der Waals surface area contributed by atoms with E-state index in [9.17, 15) is 9.90 Å². The Balaban J connectivity index is 2.45. The van der Waals surface area contributed by atoms with Gasteiger partial charge in [-0.3, -0.25) is 0 Å². The van der Waals surface area contributed by atoms with Gasteiger partial charge in [-0.05, 0) is 44.6 Å². The summed E-state index contributed by atoms with van der Waals surface area (Å²) in [4.78, 5) is 14.1. The van der Waals surface area contributed by atoms with Crippen LogP contribution in [0.2, 0.25) is 0 Å². The van der Waals surface area contributed by atoms with Crippen LogP contribution in [0.1, 0.15) is 39.1 Å². The van der Waals surface area contributed by atoms with E-state index < -0.39 is 6.10 Å².